The molecule has 112 valence electrons. The number of benzene rings is 1. The Morgan fingerprint density at radius 2 is 1.85 bits per heavy atom. The molecule has 0 unspecified atom stereocenters. The van der Waals surface area contributed by atoms with Crippen molar-refractivity contribution < 1.29 is 13.2 Å². The molecule has 0 aromatic heterocycles. The van der Waals surface area contributed by atoms with Gasteiger partial charge in [0.2, 0.25) is 10.0 Å². The first-order valence-electron chi connectivity index (χ1n) is 6.99. The normalized spacial score (nSPS) is 13.1. The van der Waals surface area contributed by atoms with Crippen LogP contribution in [-0.4, -0.2) is 20.2 Å². The minimum absolute atomic E-state index is 0.0919. The number of carbonyl (C=O) groups excluding carboxylic acids is 1. The number of sulfonamides is 1. The second-order valence-electron chi connectivity index (χ2n) is 5.02. The van der Waals surface area contributed by atoms with E-state index in [1.807, 2.05) is 6.07 Å². The molecule has 0 saturated heterocycles. The van der Waals surface area contributed by atoms with Gasteiger partial charge >= 0.3 is 0 Å². The van der Waals surface area contributed by atoms with Crippen LogP contribution in [0.2, 0.25) is 0 Å². The molecule has 0 aliphatic carbocycles. The lowest BCUT2D eigenvalue weighted by molar-refractivity contribution is -0.118. The Kier molecular flexibility index (Phi) is 6.88. The lowest BCUT2D eigenvalue weighted by atomic mass is 10.1. The lowest BCUT2D eigenvalue weighted by Gasteiger charge is -2.16. The maximum Gasteiger partial charge on any atom is 0.216 e. The quantitative estimate of drug-likeness (QED) is 0.713. The van der Waals surface area contributed by atoms with E-state index in [0.717, 1.165) is 24.8 Å². The first kappa shape index (κ1) is 16.9. The Labute approximate surface area is 121 Å². The Hall–Kier alpha value is -1.20. The van der Waals surface area contributed by atoms with Gasteiger partial charge in [-0.1, -0.05) is 56.5 Å². The van der Waals surface area contributed by atoms with E-state index in [0.29, 0.717) is 6.42 Å². The van der Waals surface area contributed by atoms with E-state index >= 15 is 0 Å². The summed E-state index contributed by atoms with van der Waals surface area (Å²) < 4.78 is 26.7. The van der Waals surface area contributed by atoms with E-state index < -0.39 is 16.1 Å². The first-order valence-corrected chi connectivity index (χ1v) is 8.64. The van der Waals surface area contributed by atoms with Crippen LogP contribution >= 0.6 is 0 Å². The highest BCUT2D eigenvalue weighted by molar-refractivity contribution is 7.88. The van der Waals surface area contributed by atoms with E-state index in [9.17, 15) is 13.2 Å². The predicted molar refractivity (Wildman–Crippen MR) is 80.8 cm³/mol. The van der Waals surface area contributed by atoms with Crippen LogP contribution in [0.25, 0.3) is 0 Å². The highest BCUT2D eigenvalue weighted by Gasteiger charge is 2.21. The van der Waals surface area contributed by atoms with Crippen molar-refractivity contribution >= 4 is 15.8 Å². The largest absolute Gasteiger partial charge is 0.298 e. The average molecular weight is 297 g/mol. The molecule has 1 aromatic rings. The summed E-state index contributed by atoms with van der Waals surface area (Å²) in [6, 6.07) is 8.36. The fourth-order valence-electron chi connectivity index (χ4n) is 2.00. The maximum absolute atomic E-state index is 12.1. The van der Waals surface area contributed by atoms with Gasteiger partial charge in [0.15, 0.2) is 0 Å². The number of hydrogen-bond acceptors (Lipinski definition) is 3. The molecule has 5 heteroatoms. The van der Waals surface area contributed by atoms with E-state index in [-0.39, 0.29) is 11.5 Å². The van der Waals surface area contributed by atoms with Gasteiger partial charge in [-0.3, -0.25) is 4.79 Å². The van der Waals surface area contributed by atoms with Gasteiger partial charge in [-0.2, -0.15) is 0 Å². The van der Waals surface area contributed by atoms with Crippen LogP contribution in [0.3, 0.4) is 0 Å². The molecule has 1 rings (SSSR count). The second-order valence-corrected chi connectivity index (χ2v) is 6.78. The molecule has 0 spiro atoms. The van der Waals surface area contributed by atoms with Crippen molar-refractivity contribution in [2.75, 3.05) is 0 Å². The van der Waals surface area contributed by atoms with Gasteiger partial charge < -0.3 is 0 Å². The van der Waals surface area contributed by atoms with E-state index in [4.69, 9.17) is 0 Å². The highest BCUT2D eigenvalue weighted by atomic mass is 32.2. The molecule has 0 aliphatic heterocycles. The van der Waals surface area contributed by atoms with Gasteiger partial charge in [0.25, 0.3) is 0 Å². The third-order valence-electron chi connectivity index (χ3n) is 3.11. The molecule has 0 aliphatic rings. The minimum Gasteiger partial charge on any atom is -0.298 e. The number of ketones is 1. The van der Waals surface area contributed by atoms with Crippen molar-refractivity contribution in [1.29, 1.82) is 0 Å². The molecular weight excluding hydrogens is 274 g/mol. The number of rotatable bonds is 9. The summed E-state index contributed by atoms with van der Waals surface area (Å²) in [4.78, 5) is 11.5. The highest BCUT2D eigenvalue weighted by Crippen LogP contribution is 2.09. The number of nitrogens with one attached hydrogen (secondary N) is 1. The fraction of sp³-hybridized carbons (Fsp3) is 0.533. The first-order chi connectivity index (χ1) is 9.44. The number of carbonyl (C=O) groups is 1. The number of unbranched alkanes of at least 4 members (excludes halogenated alkanes) is 2. The summed E-state index contributed by atoms with van der Waals surface area (Å²) in [5.41, 5.74) is 0.718. The van der Waals surface area contributed by atoms with Gasteiger partial charge in [-0.25, -0.2) is 13.1 Å². The maximum atomic E-state index is 12.1. The molecule has 4 nitrogen and oxygen atoms in total. The third-order valence-corrected chi connectivity index (χ3v) is 4.47. The van der Waals surface area contributed by atoms with Crippen LogP contribution in [0.5, 0.6) is 0 Å². The Bertz CT molecular complexity index is 511. The van der Waals surface area contributed by atoms with Gasteiger partial charge in [-0.15, -0.1) is 0 Å². The summed E-state index contributed by atoms with van der Waals surface area (Å²) in [7, 11) is -3.49. The lowest BCUT2D eigenvalue weighted by Crippen LogP contribution is -2.40. The van der Waals surface area contributed by atoms with Crippen LogP contribution in [-0.2, 0) is 20.6 Å². The van der Waals surface area contributed by atoms with Crippen molar-refractivity contribution in [3.8, 4) is 0 Å². The smallest absolute Gasteiger partial charge is 0.216 e. The van der Waals surface area contributed by atoms with Crippen LogP contribution in [0.4, 0.5) is 0 Å². The molecule has 1 atom stereocenters. The van der Waals surface area contributed by atoms with Crippen LogP contribution in [0, 0.1) is 0 Å². The predicted octanol–water partition coefficient (Wildman–Crippen LogP) is 2.64. The van der Waals surface area contributed by atoms with Crippen molar-refractivity contribution in [3.63, 3.8) is 0 Å². The topological polar surface area (TPSA) is 63.2 Å². The summed E-state index contributed by atoms with van der Waals surface area (Å²) in [5, 5.41) is 0. The fourth-order valence-corrected chi connectivity index (χ4v) is 3.43. The molecule has 0 amide bonds. The molecule has 0 bridgehead atoms. The van der Waals surface area contributed by atoms with E-state index in [1.54, 1.807) is 24.3 Å². The van der Waals surface area contributed by atoms with Gasteiger partial charge in [-0.05, 0) is 18.9 Å². The van der Waals surface area contributed by atoms with Gasteiger partial charge in [0.05, 0.1) is 11.8 Å². The Morgan fingerprint density at radius 3 is 2.40 bits per heavy atom. The summed E-state index contributed by atoms with van der Waals surface area (Å²) in [6.07, 6.45) is 3.47. The van der Waals surface area contributed by atoms with Crippen molar-refractivity contribution in [2.45, 2.75) is 51.3 Å². The number of hydrogen-bond donors (Lipinski definition) is 1. The second kappa shape index (κ2) is 8.17. The van der Waals surface area contributed by atoms with E-state index in [2.05, 4.69) is 11.6 Å². The minimum atomic E-state index is -3.49. The molecule has 0 radical (unpaired) electrons. The molecular formula is C15H23NO3S. The third kappa shape index (κ3) is 6.30. The molecule has 0 heterocycles. The van der Waals surface area contributed by atoms with Crippen molar-refractivity contribution in [2.24, 2.45) is 0 Å². The molecule has 0 fully saturated rings. The Balaban J connectivity index is 2.64. The molecule has 0 saturated carbocycles. The summed E-state index contributed by atoms with van der Waals surface area (Å²) >= 11 is 0. The Morgan fingerprint density at radius 1 is 1.20 bits per heavy atom. The van der Waals surface area contributed by atoms with Crippen molar-refractivity contribution in [3.05, 3.63) is 35.9 Å². The molecule has 1 aromatic carbocycles. The zero-order valence-corrected chi connectivity index (χ0v) is 12.9. The number of Topliss-reactive ketones (excluding diaryl/α,β-unsaturated/α-hetero) is 1. The summed E-state index contributed by atoms with van der Waals surface area (Å²) in [6.45, 7) is 3.50. The van der Waals surface area contributed by atoms with Crippen LogP contribution in [0.15, 0.2) is 30.3 Å². The van der Waals surface area contributed by atoms with Gasteiger partial charge in [0.1, 0.15) is 5.78 Å². The SMILES string of the molecule is CCCCC[C@@H](NS(=O)(=O)Cc1ccccc1)C(C)=O. The van der Waals surface area contributed by atoms with Gasteiger partial charge in [0, 0.05) is 0 Å². The van der Waals surface area contributed by atoms with Crippen LogP contribution in [0.1, 0.15) is 45.1 Å². The van der Waals surface area contributed by atoms with Crippen LogP contribution < -0.4 is 4.72 Å². The summed E-state index contributed by atoms with van der Waals surface area (Å²) in [5.74, 6) is -0.219. The standard InChI is InChI=1S/C15H23NO3S/c1-3-4-6-11-15(13(2)17)16-20(18,19)12-14-9-7-5-8-10-14/h5,7-10,15-16H,3-4,6,11-12H2,1-2H3/t15-/m1/s1. The van der Waals surface area contributed by atoms with E-state index in [1.165, 1.54) is 6.92 Å². The zero-order chi connectivity index (χ0) is 15.0. The zero-order valence-electron chi connectivity index (χ0n) is 12.1. The monoisotopic (exact) mass is 297 g/mol. The molecule has 1 N–H and O–H groups in total. The average Bonchev–Trinajstić information content (AvgIpc) is 2.38. The van der Waals surface area contributed by atoms with Crippen molar-refractivity contribution in [1.82, 2.24) is 4.72 Å². The molecule has 20 heavy (non-hydrogen) atoms.